The first-order chi connectivity index (χ1) is 7.25. The topological polar surface area (TPSA) is 40.5 Å². The van der Waals surface area contributed by atoms with Crippen LogP contribution >= 0.6 is 0 Å². The van der Waals surface area contributed by atoms with Gasteiger partial charge in [0.2, 0.25) is 5.91 Å². The number of allylic oxidation sites excluding steroid dienone is 2. The molecule has 1 N–H and O–H groups in total. The summed E-state index contributed by atoms with van der Waals surface area (Å²) in [6.07, 6.45) is 8.80. The molecule has 1 aliphatic carbocycles. The zero-order chi connectivity index (χ0) is 11.1. The van der Waals surface area contributed by atoms with E-state index in [1.165, 1.54) is 0 Å². The monoisotopic (exact) mass is 211 g/mol. The smallest absolute Gasteiger partial charge is 0.226 e. The van der Waals surface area contributed by atoms with Gasteiger partial charge in [-0.3, -0.25) is 4.79 Å². The molecule has 0 aromatic rings. The second-order valence-electron chi connectivity index (χ2n) is 4.18. The molecule has 0 aromatic heterocycles. The zero-order valence-electron chi connectivity index (χ0n) is 9.48. The Morgan fingerprint density at radius 2 is 2.00 bits per heavy atom. The van der Waals surface area contributed by atoms with E-state index < -0.39 is 0 Å². The standard InChI is InChI=1S/C12H21NO2/c1-13(9-5-2-6-10-14)12(15)11-7-3-4-8-11/h3-4,11,14H,2,5-10H2,1H3. The number of aliphatic hydroxyl groups excluding tert-OH is 1. The van der Waals surface area contributed by atoms with E-state index in [0.717, 1.165) is 38.6 Å². The van der Waals surface area contributed by atoms with Gasteiger partial charge in [-0.25, -0.2) is 0 Å². The summed E-state index contributed by atoms with van der Waals surface area (Å²) in [5.41, 5.74) is 0. The molecular weight excluding hydrogens is 190 g/mol. The van der Waals surface area contributed by atoms with E-state index >= 15 is 0 Å². The van der Waals surface area contributed by atoms with Crippen molar-refractivity contribution in [2.75, 3.05) is 20.2 Å². The number of hydrogen-bond donors (Lipinski definition) is 1. The van der Waals surface area contributed by atoms with Gasteiger partial charge in [-0.05, 0) is 32.1 Å². The molecule has 0 spiro atoms. The first kappa shape index (κ1) is 12.2. The van der Waals surface area contributed by atoms with Crippen molar-refractivity contribution in [3.8, 4) is 0 Å². The Balaban J connectivity index is 2.15. The molecule has 0 fully saturated rings. The van der Waals surface area contributed by atoms with Crippen molar-refractivity contribution in [1.82, 2.24) is 4.90 Å². The molecular formula is C12H21NO2. The average Bonchev–Trinajstić information content (AvgIpc) is 2.76. The van der Waals surface area contributed by atoms with Gasteiger partial charge < -0.3 is 10.0 Å². The third kappa shape index (κ3) is 4.04. The molecule has 1 aliphatic rings. The molecule has 15 heavy (non-hydrogen) atoms. The largest absolute Gasteiger partial charge is 0.396 e. The molecule has 3 nitrogen and oxygen atoms in total. The summed E-state index contributed by atoms with van der Waals surface area (Å²) in [6.45, 7) is 1.07. The Hall–Kier alpha value is -0.830. The van der Waals surface area contributed by atoms with Crippen LogP contribution in [0, 0.1) is 5.92 Å². The molecule has 1 amide bonds. The highest BCUT2D eigenvalue weighted by Crippen LogP contribution is 2.19. The first-order valence-corrected chi connectivity index (χ1v) is 5.76. The van der Waals surface area contributed by atoms with Crippen LogP contribution in [0.4, 0.5) is 0 Å². The Morgan fingerprint density at radius 1 is 1.33 bits per heavy atom. The molecule has 0 heterocycles. The number of unbranched alkanes of at least 4 members (excludes halogenated alkanes) is 2. The number of carbonyl (C=O) groups excluding carboxylic acids is 1. The van der Waals surface area contributed by atoms with E-state index in [0.29, 0.717) is 0 Å². The number of rotatable bonds is 6. The molecule has 0 unspecified atom stereocenters. The maximum atomic E-state index is 11.8. The van der Waals surface area contributed by atoms with Crippen LogP contribution < -0.4 is 0 Å². The quantitative estimate of drug-likeness (QED) is 0.535. The Labute approximate surface area is 91.8 Å². The summed E-state index contributed by atoms with van der Waals surface area (Å²) in [5.74, 6) is 0.455. The number of carbonyl (C=O) groups is 1. The zero-order valence-corrected chi connectivity index (χ0v) is 9.48. The van der Waals surface area contributed by atoms with E-state index in [1.807, 2.05) is 11.9 Å². The minimum absolute atomic E-state index is 0.188. The molecule has 0 bridgehead atoms. The van der Waals surface area contributed by atoms with Gasteiger partial charge >= 0.3 is 0 Å². The molecule has 0 saturated heterocycles. The summed E-state index contributed by atoms with van der Waals surface area (Å²) in [6, 6.07) is 0. The fraction of sp³-hybridized carbons (Fsp3) is 0.750. The number of aliphatic hydroxyl groups is 1. The molecule has 0 aromatic carbocycles. The van der Waals surface area contributed by atoms with Crippen LogP contribution in [0.2, 0.25) is 0 Å². The van der Waals surface area contributed by atoms with Crippen LogP contribution in [0.5, 0.6) is 0 Å². The lowest BCUT2D eigenvalue weighted by atomic mass is 10.1. The molecule has 1 rings (SSSR count). The van der Waals surface area contributed by atoms with Crippen LogP contribution in [-0.2, 0) is 4.79 Å². The van der Waals surface area contributed by atoms with Crippen LogP contribution in [-0.4, -0.2) is 36.1 Å². The number of nitrogens with zero attached hydrogens (tertiary/aromatic N) is 1. The van der Waals surface area contributed by atoms with Crippen molar-refractivity contribution < 1.29 is 9.90 Å². The molecule has 0 saturated carbocycles. The molecule has 0 atom stereocenters. The van der Waals surface area contributed by atoms with Crippen molar-refractivity contribution in [2.45, 2.75) is 32.1 Å². The SMILES string of the molecule is CN(CCCCCO)C(=O)C1CC=CC1. The van der Waals surface area contributed by atoms with Gasteiger partial charge in [-0.15, -0.1) is 0 Å². The van der Waals surface area contributed by atoms with Gasteiger partial charge in [-0.1, -0.05) is 12.2 Å². The van der Waals surface area contributed by atoms with E-state index in [2.05, 4.69) is 12.2 Å². The normalized spacial score (nSPS) is 15.9. The maximum Gasteiger partial charge on any atom is 0.226 e. The lowest BCUT2D eigenvalue weighted by Crippen LogP contribution is -2.32. The van der Waals surface area contributed by atoms with Gasteiger partial charge in [-0.2, -0.15) is 0 Å². The number of amides is 1. The van der Waals surface area contributed by atoms with E-state index in [4.69, 9.17) is 5.11 Å². The predicted molar refractivity (Wildman–Crippen MR) is 60.4 cm³/mol. The van der Waals surface area contributed by atoms with E-state index in [9.17, 15) is 4.79 Å². The summed E-state index contributed by atoms with van der Waals surface area (Å²) in [5, 5.41) is 8.62. The first-order valence-electron chi connectivity index (χ1n) is 5.76. The Morgan fingerprint density at radius 3 is 2.60 bits per heavy atom. The minimum atomic E-state index is 0.188. The Kier molecular flexibility index (Phi) is 5.40. The molecule has 86 valence electrons. The predicted octanol–water partition coefficient (Wildman–Crippen LogP) is 1.57. The highest BCUT2D eigenvalue weighted by Gasteiger charge is 2.21. The van der Waals surface area contributed by atoms with Gasteiger partial charge in [0.1, 0.15) is 0 Å². The molecule has 0 aliphatic heterocycles. The minimum Gasteiger partial charge on any atom is -0.396 e. The summed E-state index contributed by atoms with van der Waals surface area (Å²) in [4.78, 5) is 13.7. The van der Waals surface area contributed by atoms with Gasteiger partial charge in [0.15, 0.2) is 0 Å². The van der Waals surface area contributed by atoms with Crippen LogP contribution in [0.15, 0.2) is 12.2 Å². The van der Waals surface area contributed by atoms with Crippen molar-refractivity contribution in [1.29, 1.82) is 0 Å². The summed E-state index contributed by atoms with van der Waals surface area (Å²) >= 11 is 0. The van der Waals surface area contributed by atoms with Crippen molar-refractivity contribution >= 4 is 5.91 Å². The van der Waals surface area contributed by atoms with E-state index in [1.54, 1.807) is 0 Å². The third-order valence-electron chi connectivity index (χ3n) is 2.88. The van der Waals surface area contributed by atoms with Crippen molar-refractivity contribution in [3.05, 3.63) is 12.2 Å². The fourth-order valence-electron chi connectivity index (χ4n) is 1.88. The molecule has 3 heteroatoms. The molecule has 0 radical (unpaired) electrons. The third-order valence-corrected chi connectivity index (χ3v) is 2.88. The second-order valence-corrected chi connectivity index (χ2v) is 4.18. The van der Waals surface area contributed by atoms with Crippen LogP contribution in [0.3, 0.4) is 0 Å². The van der Waals surface area contributed by atoms with Crippen LogP contribution in [0.25, 0.3) is 0 Å². The van der Waals surface area contributed by atoms with Gasteiger partial charge in [0.05, 0.1) is 0 Å². The summed E-state index contributed by atoms with van der Waals surface area (Å²) < 4.78 is 0. The van der Waals surface area contributed by atoms with Gasteiger partial charge in [0, 0.05) is 26.1 Å². The maximum absolute atomic E-state index is 11.8. The average molecular weight is 211 g/mol. The number of hydrogen-bond acceptors (Lipinski definition) is 2. The second kappa shape index (κ2) is 6.62. The highest BCUT2D eigenvalue weighted by atomic mass is 16.2. The van der Waals surface area contributed by atoms with Crippen molar-refractivity contribution in [2.24, 2.45) is 5.92 Å². The van der Waals surface area contributed by atoms with Crippen molar-refractivity contribution in [3.63, 3.8) is 0 Å². The van der Waals surface area contributed by atoms with Crippen LogP contribution in [0.1, 0.15) is 32.1 Å². The van der Waals surface area contributed by atoms with E-state index in [-0.39, 0.29) is 18.4 Å². The van der Waals surface area contributed by atoms with Gasteiger partial charge in [0.25, 0.3) is 0 Å². The Bertz CT molecular complexity index is 218. The summed E-state index contributed by atoms with van der Waals surface area (Å²) in [7, 11) is 1.87. The lowest BCUT2D eigenvalue weighted by molar-refractivity contribution is -0.133. The highest BCUT2D eigenvalue weighted by molar-refractivity contribution is 5.79. The lowest BCUT2D eigenvalue weighted by Gasteiger charge is -2.20. The fourth-order valence-corrected chi connectivity index (χ4v) is 1.88.